The van der Waals surface area contributed by atoms with Gasteiger partial charge in [0.1, 0.15) is 12.0 Å². The summed E-state index contributed by atoms with van der Waals surface area (Å²) in [5.74, 6) is -0.134. The summed E-state index contributed by atoms with van der Waals surface area (Å²) in [6.07, 6.45) is 5.99. The van der Waals surface area contributed by atoms with Gasteiger partial charge in [-0.3, -0.25) is 4.57 Å². The van der Waals surface area contributed by atoms with Crippen molar-refractivity contribution in [1.29, 1.82) is 0 Å². The number of imidazole rings is 1. The maximum atomic E-state index is 13.8. The predicted molar refractivity (Wildman–Crippen MR) is 69.0 cm³/mol. The van der Waals surface area contributed by atoms with Crippen molar-refractivity contribution in [3.8, 4) is 17.2 Å². The van der Waals surface area contributed by atoms with Gasteiger partial charge in [0.2, 0.25) is 5.95 Å². The van der Waals surface area contributed by atoms with Gasteiger partial charge >= 0.3 is 0 Å². The second-order valence-electron chi connectivity index (χ2n) is 3.96. The molecular formula is C13H10FN5. The van der Waals surface area contributed by atoms with E-state index in [1.54, 1.807) is 47.6 Å². The molecule has 94 valence electrons. The number of nitrogens with zero attached hydrogens (tertiary/aromatic N) is 4. The monoisotopic (exact) mass is 255 g/mol. The number of aromatic nitrogens is 4. The normalized spacial score (nSPS) is 10.6. The van der Waals surface area contributed by atoms with Crippen molar-refractivity contribution in [1.82, 2.24) is 19.5 Å². The van der Waals surface area contributed by atoms with E-state index in [0.29, 0.717) is 17.2 Å². The number of hydrogen-bond donors (Lipinski definition) is 1. The van der Waals surface area contributed by atoms with Gasteiger partial charge < -0.3 is 5.73 Å². The molecule has 19 heavy (non-hydrogen) atoms. The molecule has 2 heterocycles. The van der Waals surface area contributed by atoms with Crippen molar-refractivity contribution in [2.45, 2.75) is 0 Å². The van der Waals surface area contributed by atoms with E-state index < -0.39 is 5.82 Å². The predicted octanol–water partition coefficient (Wildman–Crippen LogP) is 2.05. The number of anilines is 1. The van der Waals surface area contributed by atoms with Crippen LogP contribution in [0, 0.1) is 5.82 Å². The molecule has 3 rings (SSSR count). The molecule has 0 saturated heterocycles. The van der Waals surface area contributed by atoms with Gasteiger partial charge in [-0.25, -0.2) is 19.3 Å². The summed E-state index contributed by atoms with van der Waals surface area (Å²) in [4.78, 5) is 12.0. The molecule has 0 aliphatic heterocycles. The minimum absolute atomic E-state index is 0.214. The molecule has 2 N–H and O–H groups in total. The third-order valence-corrected chi connectivity index (χ3v) is 2.63. The van der Waals surface area contributed by atoms with Gasteiger partial charge in [0.25, 0.3) is 0 Å². The molecule has 0 saturated carbocycles. The molecule has 0 radical (unpaired) electrons. The highest BCUT2D eigenvalue weighted by atomic mass is 19.1. The van der Waals surface area contributed by atoms with Crippen LogP contribution in [0.2, 0.25) is 0 Å². The van der Waals surface area contributed by atoms with E-state index in [-0.39, 0.29) is 5.69 Å². The zero-order valence-electron chi connectivity index (χ0n) is 9.86. The van der Waals surface area contributed by atoms with Crippen molar-refractivity contribution in [3.63, 3.8) is 0 Å². The zero-order chi connectivity index (χ0) is 13.2. The summed E-state index contributed by atoms with van der Waals surface area (Å²) in [6, 6.07) is 6.91. The quantitative estimate of drug-likeness (QED) is 0.711. The van der Waals surface area contributed by atoms with E-state index >= 15 is 0 Å². The zero-order valence-corrected chi connectivity index (χ0v) is 9.86. The Bertz CT molecular complexity index is 709. The first-order valence-corrected chi connectivity index (χ1v) is 5.61. The molecule has 0 unspecified atom stereocenters. The highest BCUT2D eigenvalue weighted by Crippen LogP contribution is 2.22. The highest BCUT2D eigenvalue weighted by molar-refractivity contribution is 5.64. The number of halogens is 1. The maximum absolute atomic E-state index is 13.8. The van der Waals surface area contributed by atoms with Crippen LogP contribution in [0.3, 0.4) is 0 Å². The molecule has 1 aromatic carbocycles. The van der Waals surface area contributed by atoms with Crippen molar-refractivity contribution in [3.05, 3.63) is 55.0 Å². The molecule has 3 aromatic rings. The van der Waals surface area contributed by atoms with Gasteiger partial charge in [-0.15, -0.1) is 0 Å². The summed E-state index contributed by atoms with van der Waals surface area (Å²) >= 11 is 0. The Morgan fingerprint density at radius 2 is 2.16 bits per heavy atom. The fraction of sp³-hybridized carbons (Fsp3) is 0. The first kappa shape index (κ1) is 11.3. The smallest absolute Gasteiger partial charge is 0.235 e. The average Bonchev–Trinajstić information content (AvgIpc) is 2.93. The first-order valence-electron chi connectivity index (χ1n) is 5.61. The Labute approximate surface area is 108 Å². The van der Waals surface area contributed by atoms with E-state index in [9.17, 15) is 4.39 Å². The molecule has 2 aromatic heterocycles. The third kappa shape index (κ3) is 2.15. The SMILES string of the molecule is Nc1cccc(-c2nc(-n3ccnc3)ncc2F)c1. The lowest BCUT2D eigenvalue weighted by molar-refractivity contribution is 0.615. The summed E-state index contributed by atoms with van der Waals surface area (Å²) in [7, 11) is 0. The van der Waals surface area contributed by atoms with Gasteiger partial charge in [-0.05, 0) is 12.1 Å². The summed E-state index contributed by atoms with van der Waals surface area (Å²) < 4.78 is 15.4. The van der Waals surface area contributed by atoms with Gasteiger partial charge in [0, 0.05) is 23.6 Å². The Morgan fingerprint density at radius 3 is 2.89 bits per heavy atom. The maximum Gasteiger partial charge on any atom is 0.235 e. The van der Waals surface area contributed by atoms with Crippen LogP contribution in [0.4, 0.5) is 10.1 Å². The Balaban J connectivity index is 2.13. The number of benzene rings is 1. The lowest BCUT2D eigenvalue weighted by atomic mass is 10.1. The van der Waals surface area contributed by atoms with Crippen LogP contribution in [0.5, 0.6) is 0 Å². The van der Waals surface area contributed by atoms with Crippen molar-refractivity contribution < 1.29 is 4.39 Å². The van der Waals surface area contributed by atoms with Gasteiger partial charge in [0.15, 0.2) is 5.82 Å². The lowest BCUT2D eigenvalue weighted by Gasteiger charge is -2.06. The van der Waals surface area contributed by atoms with Crippen molar-refractivity contribution in [2.75, 3.05) is 5.73 Å². The van der Waals surface area contributed by atoms with Gasteiger partial charge in [-0.2, -0.15) is 0 Å². The highest BCUT2D eigenvalue weighted by Gasteiger charge is 2.10. The van der Waals surface area contributed by atoms with Crippen LogP contribution in [0.25, 0.3) is 17.2 Å². The summed E-state index contributed by atoms with van der Waals surface area (Å²) in [5, 5.41) is 0. The molecule has 0 spiro atoms. The van der Waals surface area contributed by atoms with Crippen LogP contribution < -0.4 is 5.73 Å². The lowest BCUT2D eigenvalue weighted by Crippen LogP contribution is -2.02. The van der Waals surface area contributed by atoms with Crippen LogP contribution in [-0.2, 0) is 0 Å². The minimum atomic E-state index is -0.491. The Morgan fingerprint density at radius 1 is 1.26 bits per heavy atom. The van der Waals surface area contributed by atoms with E-state index in [0.717, 1.165) is 6.20 Å². The van der Waals surface area contributed by atoms with Crippen LogP contribution in [-0.4, -0.2) is 19.5 Å². The van der Waals surface area contributed by atoms with E-state index in [2.05, 4.69) is 15.0 Å². The second kappa shape index (κ2) is 4.49. The Kier molecular flexibility index (Phi) is 2.68. The molecule has 6 heteroatoms. The number of rotatable bonds is 2. The van der Waals surface area contributed by atoms with E-state index in [4.69, 9.17) is 5.73 Å². The fourth-order valence-electron chi connectivity index (χ4n) is 1.75. The minimum Gasteiger partial charge on any atom is -0.399 e. The van der Waals surface area contributed by atoms with E-state index in [1.165, 1.54) is 0 Å². The fourth-order valence-corrected chi connectivity index (χ4v) is 1.75. The Hall–Kier alpha value is -2.76. The van der Waals surface area contributed by atoms with Crippen LogP contribution in [0.1, 0.15) is 0 Å². The summed E-state index contributed by atoms with van der Waals surface area (Å²) in [5.41, 5.74) is 7.08. The van der Waals surface area contributed by atoms with Gasteiger partial charge in [-0.1, -0.05) is 12.1 Å². The number of nitrogen functional groups attached to an aromatic ring is 1. The van der Waals surface area contributed by atoms with Crippen molar-refractivity contribution in [2.24, 2.45) is 0 Å². The number of nitrogens with two attached hydrogens (primary N) is 1. The summed E-state index contributed by atoms with van der Waals surface area (Å²) in [6.45, 7) is 0. The second-order valence-corrected chi connectivity index (χ2v) is 3.96. The van der Waals surface area contributed by atoms with Crippen LogP contribution >= 0.6 is 0 Å². The third-order valence-electron chi connectivity index (χ3n) is 2.63. The van der Waals surface area contributed by atoms with Crippen LogP contribution in [0.15, 0.2) is 49.2 Å². The molecule has 0 aliphatic rings. The molecule has 0 aliphatic carbocycles. The molecule has 0 atom stereocenters. The largest absolute Gasteiger partial charge is 0.399 e. The molecule has 0 bridgehead atoms. The number of hydrogen-bond acceptors (Lipinski definition) is 4. The topological polar surface area (TPSA) is 69.6 Å². The first-order chi connectivity index (χ1) is 9.24. The molecule has 0 fully saturated rings. The van der Waals surface area contributed by atoms with E-state index in [1.807, 2.05) is 0 Å². The van der Waals surface area contributed by atoms with Crippen molar-refractivity contribution >= 4 is 5.69 Å². The molecular weight excluding hydrogens is 245 g/mol. The molecule has 0 amide bonds. The average molecular weight is 255 g/mol. The standard InChI is InChI=1S/C13H10FN5/c14-11-7-17-13(19-5-4-16-8-19)18-12(11)9-2-1-3-10(15)6-9/h1-8H,15H2. The molecule has 5 nitrogen and oxygen atoms in total. The van der Waals surface area contributed by atoms with Gasteiger partial charge in [0.05, 0.1) is 6.20 Å².